The second-order valence-electron chi connectivity index (χ2n) is 7.73. The number of aliphatic carboxylic acids is 1. The first kappa shape index (κ1) is 23.8. The molecular weight excluding hydrogens is 449 g/mol. The van der Waals surface area contributed by atoms with Crippen LogP contribution in [0.1, 0.15) is 24.8 Å². The van der Waals surface area contributed by atoms with Crippen molar-refractivity contribution in [2.45, 2.75) is 35.2 Å². The predicted molar refractivity (Wildman–Crippen MR) is 118 cm³/mol. The Bertz CT molecular complexity index is 941. The molecule has 2 aromatic carbocycles. The maximum Gasteiger partial charge on any atom is 0.416 e. The molecule has 0 amide bonds. The Morgan fingerprint density at radius 1 is 1.10 bits per heavy atom. The van der Waals surface area contributed by atoms with Crippen molar-refractivity contribution in [3.8, 4) is 0 Å². The lowest BCUT2D eigenvalue weighted by Crippen LogP contribution is -2.40. The van der Waals surface area contributed by atoms with Crippen molar-refractivity contribution in [3.63, 3.8) is 0 Å². The van der Waals surface area contributed by atoms with Crippen molar-refractivity contribution in [2.75, 3.05) is 31.1 Å². The van der Waals surface area contributed by atoms with E-state index in [-0.39, 0.29) is 18.3 Å². The topological polar surface area (TPSA) is 43.8 Å². The third-order valence-electron chi connectivity index (χ3n) is 5.66. The minimum atomic E-state index is -4.39. The first-order valence-corrected chi connectivity index (χ1v) is 10.9. The Hall–Kier alpha value is -1.90. The summed E-state index contributed by atoms with van der Waals surface area (Å²) in [5.74, 6) is -1.09. The van der Waals surface area contributed by atoms with Crippen LogP contribution in [0.15, 0.2) is 52.3 Å². The molecule has 1 saturated heterocycles. The molecule has 31 heavy (non-hydrogen) atoms. The van der Waals surface area contributed by atoms with Gasteiger partial charge < -0.3 is 14.9 Å². The number of carboxylic acids is 1. The summed E-state index contributed by atoms with van der Waals surface area (Å²) >= 11 is 1.49. The molecule has 0 aliphatic carbocycles. The SMILES string of the molecule is Cl.O=C(O)C1CCCN(CCCN2c3ccccc3Sc3ccc(C(F)(F)F)cc32)C1. The molecule has 4 nitrogen and oxygen atoms in total. The largest absolute Gasteiger partial charge is 0.481 e. The van der Waals surface area contributed by atoms with Crippen LogP contribution in [-0.2, 0) is 11.0 Å². The molecule has 2 aliphatic rings. The molecule has 2 aromatic rings. The normalized spacial score (nSPS) is 18.7. The van der Waals surface area contributed by atoms with E-state index in [0.29, 0.717) is 25.2 Å². The van der Waals surface area contributed by atoms with E-state index >= 15 is 0 Å². The third kappa shape index (κ3) is 5.30. The molecule has 0 bridgehead atoms. The van der Waals surface area contributed by atoms with Gasteiger partial charge in [0.1, 0.15) is 0 Å². The Balaban J connectivity index is 0.00000272. The molecule has 1 N–H and O–H groups in total. The van der Waals surface area contributed by atoms with E-state index in [2.05, 4.69) is 4.90 Å². The number of hydrogen-bond donors (Lipinski definition) is 1. The molecule has 0 aromatic heterocycles. The predicted octanol–water partition coefficient (Wildman–Crippen LogP) is 5.92. The average Bonchev–Trinajstić information content (AvgIpc) is 2.72. The summed E-state index contributed by atoms with van der Waals surface area (Å²) < 4.78 is 39.9. The Morgan fingerprint density at radius 2 is 1.84 bits per heavy atom. The summed E-state index contributed by atoms with van der Waals surface area (Å²) in [6.45, 7) is 2.70. The van der Waals surface area contributed by atoms with Gasteiger partial charge >= 0.3 is 12.1 Å². The third-order valence-corrected chi connectivity index (χ3v) is 6.79. The summed E-state index contributed by atoms with van der Waals surface area (Å²) in [7, 11) is 0. The highest BCUT2D eigenvalue weighted by Crippen LogP contribution is 2.49. The Labute approximate surface area is 189 Å². The van der Waals surface area contributed by atoms with E-state index in [9.17, 15) is 23.1 Å². The van der Waals surface area contributed by atoms with E-state index in [0.717, 1.165) is 47.5 Å². The van der Waals surface area contributed by atoms with Crippen molar-refractivity contribution < 1.29 is 23.1 Å². The molecule has 9 heteroatoms. The number of rotatable bonds is 5. The van der Waals surface area contributed by atoms with Gasteiger partial charge in [-0.3, -0.25) is 4.79 Å². The number of alkyl halides is 3. The number of benzene rings is 2. The zero-order chi connectivity index (χ0) is 21.3. The van der Waals surface area contributed by atoms with E-state index in [1.807, 2.05) is 29.2 Å². The Morgan fingerprint density at radius 3 is 2.58 bits per heavy atom. The highest BCUT2D eigenvalue weighted by Gasteiger charge is 2.33. The quantitative estimate of drug-likeness (QED) is 0.585. The number of carboxylic acid groups (broad SMARTS) is 1. The van der Waals surface area contributed by atoms with E-state index in [4.69, 9.17) is 0 Å². The molecule has 4 rings (SSSR count). The molecule has 2 heterocycles. The van der Waals surface area contributed by atoms with Gasteiger partial charge in [-0.2, -0.15) is 13.2 Å². The number of halogens is 4. The van der Waals surface area contributed by atoms with Crippen LogP contribution >= 0.6 is 24.2 Å². The zero-order valence-electron chi connectivity index (χ0n) is 16.8. The standard InChI is InChI=1S/C22H23F3N2O2S.ClH/c23-22(24,25)16-8-9-20-18(13-16)27(17-6-1-2-7-19(17)30-20)12-4-11-26-10-3-5-15(14-26)21(28)29;/h1-2,6-9,13,15H,3-5,10-12,14H2,(H,28,29);1H. The number of hydrogen-bond acceptors (Lipinski definition) is 4. The second-order valence-corrected chi connectivity index (χ2v) is 8.82. The maximum absolute atomic E-state index is 13.3. The minimum absolute atomic E-state index is 0. The first-order valence-electron chi connectivity index (χ1n) is 10.0. The summed E-state index contributed by atoms with van der Waals surface area (Å²) in [5, 5.41) is 9.27. The number of piperidine rings is 1. The lowest BCUT2D eigenvalue weighted by molar-refractivity contribution is -0.143. The lowest BCUT2D eigenvalue weighted by Gasteiger charge is -2.35. The van der Waals surface area contributed by atoms with Gasteiger partial charge in [0.05, 0.1) is 22.9 Å². The van der Waals surface area contributed by atoms with Crippen molar-refractivity contribution >= 4 is 41.5 Å². The van der Waals surface area contributed by atoms with Crippen LogP contribution in [0.2, 0.25) is 0 Å². The van der Waals surface area contributed by atoms with E-state index < -0.39 is 17.7 Å². The molecule has 0 radical (unpaired) electrons. The van der Waals surface area contributed by atoms with E-state index in [1.165, 1.54) is 17.8 Å². The van der Waals surface area contributed by atoms with Crippen molar-refractivity contribution in [3.05, 3.63) is 48.0 Å². The van der Waals surface area contributed by atoms with Crippen LogP contribution in [0.5, 0.6) is 0 Å². The van der Waals surface area contributed by atoms with Crippen LogP contribution in [0.3, 0.4) is 0 Å². The average molecular weight is 473 g/mol. The van der Waals surface area contributed by atoms with Gasteiger partial charge in [0.15, 0.2) is 0 Å². The van der Waals surface area contributed by atoms with Crippen LogP contribution in [0, 0.1) is 5.92 Å². The van der Waals surface area contributed by atoms with E-state index in [1.54, 1.807) is 6.07 Å². The summed E-state index contributed by atoms with van der Waals surface area (Å²) in [6.07, 6.45) is -2.09. The van der Waals surface area contributed by atoms with Crippen LogP contribution in [-0.4, -0.2) is 42.2 Å². The monoisotopic (exact) mass is 472 g/mol. The number of nitrogens with zero attached hydrogens (tertiary/aromatic N) is 2. The van der Waals surface area contributed by atoms with Gasteiger partial charge in [0.2, 0.25) is 0 Å². The number of anilines is 2. The van der Waals surface area contributed by atoms with Gasteiger partial charge in [-0.15, -0.1) is 12.4 Å². The highest BCUT2D eigenvalue weighted by molar-refractivity contribution is 7.99. The van der Waals surface area contributed by atoms with Crippen LogP contribution < -0.4 is 4.90 Å². The highest BCUT2D eigenvalue weighted by atomic mass is 35.5. The fourth-order valence-corrected chi connectivity index (χ4v) is 5.24. The minimum Gasteiger partial charge on any atom is -0.481 e. The summed E-state index contributed by atoms with van der Waals surface area (Å²) in [5.41, 5.74) is 0.846. The summed E-state index contributed by atoms with van der Waals surface area (Å²) in [4.78, 5) is 17.2. The molecule has 0 spiro atoms. The molecule has 1 atom stereocenters. The van der Waals surface area contributed by atoms with Crippen molar-refractivity contribution in [1.29, 1.82) is 0 Å². The molecule has 0 saturated carbocycles. The van der Waals surface area contributed by atoms with Crippen LogP contribution in [0.25, 0.3) is 0 Å². The zero-order valence-corrected chi connectivity index (χ0v) is 18.4. The summed E-state index contributed by atoms with van der Waals surface area (Å²) in [6, 6.07) is 11.7. The molecule has 2 aliphatic heterocycles. The molecule has 1 fully saturated rings. The van der Waals surface area contributed by atoms with Gasteiger partial charge in [0, 0.05) is 22.9 Å². The van der Waals surface area contributed by atoms with Crippen molar-refractivity contribution in [1.82, 2.24) is 4.90 Å². The first-order chi connectivity index (χ1) is 14.3. The number of fused-ring (bicyclic) bond motifs is 2. The number of para-hydroxylation sites is 1. The van der Waals surface area contributed by atoms with Gasteiger partial charge in [-0.25, -0.2) is 0 Å². The fourth-order valence-electron chi connectivity index (χ4n) is 4.16. The Kier molecular flexibility index (Phi) is 7.44. The fraction of sp³-hybridized carbons (Fsp3) is 0.409. The molecule has 1 unspecified atom stereocenters. The van der Waals surface area contributed by atoms with Gasteiger partial charge in [-0.05, 0) is 62.7 Å². The van der Waals surface area contributed by atoms with Crippen molar-refractivity contribution in [2.24, 2.45) is 5.92 Å². The molecular formula is C22H24ClF3N2O2S. The van der Waals surface area contributed by atoms with Gasteiger partial charge in [-0.1, -0.05) is 23.9 Å². The van der Waals surface area contributed by atoms with Crippen LogP contribution in [0.4, 0.5) is 24.5 Å². The lowest BCUT2D eigenvalue weighted by atomic mass is 9.98. The maximum atomic E-state index is 13.3. The number of carbonyl (C=O) groups is 1. The second kappa shape index (κ2) is 9.71. The van der Waals surface area contributed by atoms with Gasteiger partial charge in [0.25, 0.3) is 0 Å². The molecule has 168 valence electrons. The smallest absolute Gasteiger partial charge is 0.416 e. The number of likely N-dealkylation sites (tertiary alicyclic amines) is 1.